The number of hydrogen-bond donors (Lipinski definition) is 1. The van der Waals surface area contributed by atoms with Gasteiger partial charge in [0, 0.05) is 17.8 Å². The maximum atomic E-state index is 13.6. The maximum absolute atomic E-state index is 13.6. The summed E-state index contributed by atoms with van der Waals surface area (Å²) in [6.07, 6.45) is 0.658. The average Bonchev–Trinajstić information content (AvgIpc) is 3.32. The first-order valence-electron chi connectivity index (χ1n) is 11.9. The number of rotatable bonds is 6. The Kier molecular flexibility index (Phi) is 6.95. The van der Waals surface area contributed by atoms with Crippen LogP contribution in [0.1, 0.15) is 22.3 Å². The average molecular weight is 528 g/mol. The number of para-hydroxylation sites is 1. The van der Waals surface area contributed by atoms with E-state index in [1.165, 1.54) is 4.90 Å². The molecule has 3 amide bonds. The lowest BCUT2D eigenvalue weighted by Crippen LogP contribution is -2.35. The summed E-state index contributed by atoms with van der Waals surface area (Å²) >= 11 is 6.67. The minimum absolute atomic E-state index is 0.166. The lowest BCUT2D eigenvalue weighted by Gasteiger charge is -2.17. The van der Waals surface area contributed by atoms with Gasteiger partial charge < -0.3 is 5.32 Å². The molecule has 1 fully saturated rings. The zero-order valence-corrected chi connectivity index (χ0v) is 22.1. The fourth-order valence-corrected chi connectivity index (χ4v) is 5.83. The van der Waals surface area contributed by atoms with Crippen LogP contribution in [0.15, 0.2) is 77.7 Å². The Morgan fingerprint density at radius 2 is 1.62 bits per heavy atom. The van der Waals surface area contributed by atoms with Gasteiger partial charge in [-0.1, -0.05) is 78.6 Å². The summed E-state index contributed by atoms with van der Waals surface area (Å²) in [4.78, 5) is 43.3. The second-order valence-corrected chi connectivity index (χ2v) is 10.7. The Hall–Kier alpha value is -3.75. The van der Waals surface area contributed by atoms with Crippen molar-refractivity contribution >= 4 is 63.0 Å². The lowest BCUT2D eigenvalue weighted by atomic mass is 10.1. The Labute approximate surface area is 225 Å². The van der Waals surface area contributed by atoms with E-state index in [-0.39, 0.29) is 24.3 Å². The summed E-state index contributed by atoms with van der Waals surface area (Å²) in [5.74, 6) is -0.964. The topological polar surface area (TPSA) is 69.7 Å². The van der Waals surface area contributed by atoms with Crippen molar-refractivity contribution in [3.8, 4) is 0 Å². The molecule has 0 atom stereocenters. The number of thioether (sulfide) groups is 1. The zero-order chi connectivity index (χ0) is 26.1. The molecule has 0 unspecified atom stereocenters. The lowest BCUT2D eigenvalue weighted by molar-refractivity contribution is -0.122. The molecule has 1 saturated heterocycles. The molecule has 37 heavy (non-hydrogen) atoms. The van der Waals surface area contributed by atoms with Crippen LogP contribution in [0.2, 0.25) is 0 Å². The molecule has 0 aliphatic carbocycles. The summed E-state index contributed by atoms with van der Waals surface area (Å²) in [6.45, 7) is 4.25. The number of carbonyl (C=O) groups excluding carboxylic acids is 3. The SMILES string of the molecule is Cc1ccc(NC(=O)CN2C(=O)/C(=C3\SC(=S)N(CCc4ccccc4)C3=O)c3ccccc32)cc1C. The van der Waals surface area contributed by atoms with Gasteiger partial charge in [-0.2, -0.15) is 0 Å². The molecule has 0 aromatic heterocycles. The minimum Gasteiger partial charge on any atom is -0.325 e. The molecule has 2 heterocycles. The van der Waals surface area contributed by atoms with Crippen LogP contribution in [-0.2, 0) is 20.8 Å². The van der Waals surface area contributed by atoms with E-state index in [0.717, 1.165) is 28.5 Å². The van der Waals surface area contributed by atoms with Crippen LogP contribution < -0.4 is 10.2 Å². The number of anilines is 2. The molecule has 2 aliphatic heterocycles. The fourth-order valence-electron chi connectivity index (χ4n) is 4.45. The van der Waals surface area contributed by atoms with Gasteiger partial charge in [0.25, 0.3) is 11.8 Å². The van der Waals surface area contributed by atoms with E-state index in [9.17, 15) is 14.4 Å². The number of fused-ring (bicyclic) bond motifs is 1. The molecule has 3 aromatic carbocycles. The van der Waals surface area contributed by atoms with Crippen LogP contribution in [-0.4, -0.2) is 40.0 Å². The largest absolute Gasteiger partial charge is 0.325 e. The number of hydrogen-bond acceptors (Lipinski definition) is 5. The van der Waals surface area contributed by atoms with E-state index in [1.54, 1.807) is 17.0 Å². The highest BCUT2D eigenvalue weighted by Crippen LogP contribution is 2.44. The monoisotopic (exact) mass is 527 g/mol. The first-order valence-corrected chi connectivity index (χ1v) is 13.2. The first kappa shape index (κ1) is 24.9. The number of aryl methyl sites for hydroxylation is 2. The van der Waals surface area contributed by atoms with Gasteiger partial charge in [0.2, 0.25) is 5.91 Å². The standard InChI is InChI=1S/C29H25N3O3S2/c1-18-12-13-21(16-19(18)2)30-24(33)17-32-23-11-7-6-10-22(23)25(27(32)34)26-28(35)31(29(36)37-26)15-14-20-8-4-3-5-9-20/h3-13,16H,14-15,17H2,1-2H3,(H,30,33)/b26-25-. The number of nitrogens with zero attached hydrogens (tertiary/aromatic N) is 2. The van der Waals surface area contributed by atoms with Crippen molar-refractivity contribution in [2.24, 2.45) is 0 Å². The first-order chi connectivity index (χ1) is 17.8. The zero-order valence-electron chi connectivity index (χ0n) is 20.5. The molecule has 1 N–H and O–H groups in total. The predicted octanol–water partition coefficient (Wildman–Crippen LogP) is 5.10. The van der Waals surface area contributed by atoms with Gasteiger partial charge in [-0.3, -0.25) is 24.2 Å². The molecule has 2 aliphatic rings. The van der Waals surface area contributed by atoms with Crippen LogP contribution in [0, 0.1) is 13.8 Å². The number of nitrogens with one attached hydrogen (secondary N) is 1. The second-order valence-electron chi connectivity index (χ2n) is 9.02. The van der Waals surface area contributed by atoms with E-state index < -0.39 is 0 Å². The van der Waals surface area contributed by atoms with Gasteiger partial charge in [0.05, 0.1) is 16.2 Å². The Balaban J connectivity index is 1.38. The van der Waals surface area contributed by atoms with Crippen LogP contribution in [0.5, 0.6) is 0 Å². The molecule has 0 bridgehead atoms. The van der Waals surface area contributed by atoms with Gasteiger partial charge in [0.15, 0.2) is 0 Å². The number of thiocarbonyl (C=S) groups is 1. The van der Waals surface area contributed by atoms with Gasteiger partial charge in [-0.15, -0.1) is 0 Å². The molecule has 186 valence electrons. The normalized spacial score (nSPS) is 17.0. The third kappa shape index (κ3) is 4.95. The number of carbonyl (C=O) groups is 3. The van der Waals surface area contributed by atoms with Gasteiger partial charge in [0.1, 0.15) is 10.9 Å². The van der Waals surface area contributed by atoms with Crippen molar-refractivity contribution < 1.29 is 14.4 Å². The highest BCUT2D eigenvalue weighted by molar-refractivity contribution is 8.26. The van der Waals surface area contributed by atoms with Crippen molar-refractivity contribution in [2.45, 2.75) is 20.3 Å². The van der Waals surface area contributed by atoms with Crippen LogP contribution in [0.25, 0.3) is 5.57 Å². The van der Waals surface area contributed by atoms with Crippen molar-refractivity contribution in [3.05, 3.63) is 100.0 Å². The van der Waals surface area contributed by atoms with Crippen LogP contribution in [0.3, 0.4) is 0 Å². The molecule has 6 nitrogen and oxygen atoms in total. The Bertz CT molecular complexity index is 1470. The van der Waals surface area contributed by atoms with Gasteiger partial charge in [-0.05, 0) is 55.2 Å². The smallest absolute Gasteiger partial charge is 0.267 e. The highest BCUT2D eigenvalue weighted by Gasteiger charge is 2.42. The van der Waals surface area contributed by atoms with Crippen molar-refractivity contribution in [1.29, 1.82) is 0 Å². The summed E-state index contributed by atoms with van der Waals surface area (Å²) in [5.41, 5.74) is 5.51. The van der Waals surface area contributed by atoms with E-state index in [1.807, 2.05) is 74.5 Å². The molecule has 5 rings (SSSR count). The Morgan fingerprint density at radius 3 is 2.38 bits per heavy atom. The molecular formula is C29H25N3O3S2. The van der Waals surface area contributed by atoms with Crippen molar-refractivity contribution in [1.82, 2.24) is 4.90 Å². The molecular weight excluding hydrogens is 502 g/mol. The molecule has 0 radical (unpaired) electrons. The third-order valence-corrected chi connectivity index (χ3v) is 8.01. The fraction of sp³-hybridized carbons (Fsp3) is 0.172. The van der Waals surface area contributed by atoms with Crippen LogP contribution >= 0.6 is 24.0 Å². The predicted molar refractivity (Wildman–Crippen MR) is 152 cm³/mol. The maximum Gasteiger partial charge on any atom is 0.267 e. The van der Waals surface area contributed by atoms with Gasteiger partial charge >= 0.3 is 0 Å². The summed E-state index contributed by atoms with van der Waals surface area (Å²) in [7, 11) is 0. The molecule has 0 spiro atoms. The highest BCUT2D eigenvalue weighted by atomic mass is 32.2. The summed E-state index contributed by atoms with van der Waals surface area (Å²) in [6, 6.07) is 22.8. The quantitative estimate of drug-likeness (QED) is 0.357. The number of benzene rings is 3. The van der Waals surface area contributed by atoms with E-state index >= 15 is 0 Å². The van der Waals surface area contributed by atoms with Gasteiger partial charge in [-0.25, -0.2) is 0 Å². The number of amides is 3. The molecule has 8 heteroatoms. The van der Waals surface area contributed by atoms with Crippen LogP contribution in [0.4, 0.5) is 11.4 Å². The minimum atomic E-state index is -0.375. The molecule has 0 saturated carbocycles. The summed E-state index contributed by atoms with van der Waals surface area (Å²) in [5, 5.41) is 2.88. The van der Waals surface area contributed by atoms with E-state index in [0.29, 0.717) is 44.7 Å². The molecule has 3 aromatic rings. The van der Waals surface area contributed by atoms with E-state index in [2.05, 4.69) is 5.32 Å². The third-order valence-electron chi connectivity index (χ3n) is 6.56. The van der Waals surface area contributed by atoms with Crippen molar-refractivity contribution in [3.63, 3.8) is 0 Å². The Morgan fingerprint density at radius 1 is 0.892 bits per heavy atom. The van der Waals surface area contributed by atoms with Crippen molar-refractivity contribution in [2.75, 3.05) is 23.3 Å². The van der Waals surface area contributed by atoms with E-state index in [4.69, 9.17) is 12.2 Å². The summed E-state index contributed by atoms with van der Waals surface area (Å²) < 4.78 is 0.430. The second kappa shape index (κ2) is 10.3.